The molecule has 6 nitrogen and oxygen atoms in total. The third-order valence-corrected chi connectivity index (χ3v) is 4.63. The van der Waals surface area contributed by atoms with Gasteiger partial charge in [0.05, 0.1) is 18.3 Å². The molecule has 0 saturated carbocycles. The Labute approximate surface area is 152 Å². The van der Waals surface area contributed by atoms with Gasteiger partial charge in [0, 0.05) is 42.3 Å². The van der Waals surface area contributed by atoms with Crippen molar-refractivity contribution in [2.24, 2.45) is 0 Å². The fourth-order valence-electron chi connectivity index (χ4n) is 3.26. The number of benzene rings is 1. The number of fused-ring (bicyclic) bond motifs is 1. The first kappa shape index (κ1) is 16.5. The second kappa shape index (κ2) is 7.49. The van der Waals surface area contributed by atoms with Gasteiger partial charge in [-0.3, -0.25) is 14.8 Å². The van der Waals surface area contributed by atoms with E-state index in [1.54, 1.807) is 12.4 Å². The van der Waals surface area contributed by atoms with E-state index in [-0.39, 0.29) is 18.0 Å². The molecule has 3 N–H and O–H groups in total. The third kappa shape index (κ3) is 3.81. The number of anilines is 1. The molecule has 3 heterocycles. The van der Waals surface area contributed by atoms with Gasteiger partial charge in [0.1, 0.15) is 0 Å². The number of hydrogen-bond donors (Lipinski definition) is 3. The van der Waals surface area contributed by atoms with E-state index < -0.39 is 0 Å². The Morgan fingerprint density at radius 2 is 2.12 bits per heavy atom. The van der Waals surface area contributed by atoms with Crippen LogP contribution in [0.25, 0.3) is 10.8 Å². The minimum absolute atomic E-state index is 0.0181. The summed E-state index contributed by atoms with van der Waals surface area (Å²) in [6.45, 7) is 1.21. The Morgan fingerprint density at radius 1 is 1.15 bits per heavy atom. The number of carbonyl (C=O) groups excluding carboxylic acids is 1. The van der Waals surface area contributed by atoms with Crippen LogP contribution in [-0.2, 0) is 11.3 Å². The van der Waals surface area contributed by atoms with E-state index in [1.807, 2.05) is 30.5 Å². The van der Waals surface area contributed by atoms with Crippen LogP contribution >= 0.6 is 0 Å². The molecule has 132 valence electrons. The van der Waals surface area contributed by atoms with Gasteiger partial charge in [0.25, 0.3) is 0 Å². The zero-order chi connectivity index (χ0) is 17.8. The molecule has 0 spiro atoms. The number of carbonyl (C=O) groups is 1. The highest BCUT2D eigenvalue weighted by molar-refractivity contribution is 5.85. The Kier molecular flexibility index (Phi) is 4.75. The first-order valence-electron chi connectivity index (χ1n) is 8.79. The van der Waals surface area contributed by atoms with Gasteiger partial charge in [-0.25, -0.2) is 0 Å². The predicted molar refractivity (Wildman–Crippen MR) is 102 cm³/mol. The van der Waals surface area contributed by atoms with Crippen molar-refractivity contribution in [1.82, 2.24) is 20.6 Å². The Bertz CT molecular complexity index is 899. The van der Waals surface area contributed by atoms with Gasteiger partial charge in [-0.2, -0.15) is 0 Å². The Balaban J connectivity index is 1.32. The summed E-state index contributed by atoms with van der Waals surface area (Å²) in [4.78, 5) is 20.7. The maximum atomic E-state index is 12.4. The number of rotatable bonds is 5. The summed E-state index contributed by atoms with van der Waals surface area (Å²) in [6.07, 6.45) is 6.14. The van der Waals surface area contributed by atoms with E-state index in [9.17, 15) is 4.79 Å². The molecule has 1 aliphatic heterocycles. The molecular formula is C20H21N5O. The molecular weight excluding hydrogens is 326 g/mol. The molecule has 0 bridgehead atoms. The molecule has 4 rings (SSSR count). The van der Waals surface area contributed by atoms with Gasteiger partial charge < -0.3 is 16.0 Å². The minimum atomic E-state index is -0.180. The van der Waals surface area contributed by atoms with E-state index >= 15 is 0 Å². The standard InChI is InChI=1S/C20H21N5O/c26-20(24-12-17-3-1-2-7-22-17)19-10-18(13-23-19)25-16-5-4-15-11-21-8-6-14(15)9-16/h1-9,11,18-19,23,25H,10,12-13H2,(H,24,26). The molecule has 1 aliphatic rings. The summed E-state index contributed by atoms with van der Waals surface area (Å²) >= 11 is 0. The highest BCUT2D eigenvalue weighted by atomic mass is 16.2. The van der Waals surface area contributed by atoms with E-state index in [1.165, 1.54) is 0 Å². The number of aromatic nitrogens is 2. The number of pyridine rings is 2. The van der Waals surface area contributed by atoms with E-state index in [2.05, 4.69) is 44.1 Å². The summed E-state index contributed by atoms with van der Waals surface area (Å²) in [5, 5.41) is 12.0. The van der Waals surface area contributed by atoms with Gasteiger partial charge in [-0.1, -0.05) is 12.1 Å². The molecule has 2 atom stereocenters. The molecule has 6 heteroatoms. The third-order valence-electron chi connectivity index (χ3n) is 4.63. The van der Waals surface area contributed by atoms with Crippen LogP contribution in [0.4, 0.5) is 5.69 Å². The van der Waals surface area contributed by atoms with E-state index in [4.69, 9.17) is 0 Å². The molecule has 1 saturated heterocycles. The van der Waals surface area contributed by atoms with Crippen LogP contribution in [-0.4, -0.2) is 34.5 Å². The van der Waals surface area contributed by atoms with Crippen molar-refractivity contribution in [3.05, 3.63) is 66.7 Å². The van der Waals surface area contributed by atoms with Crippen molar-refractivity contribution in [3.8, 4) is 0 Å². The molecule has 0 aliphatic carbocycles. The normalized spacial score (nSPS) is 19.4. The topological polar surface area (TPSA) is 78.9 Å². The summed E-state index contributed by atoms with van der Waals surface area (Å²) in [5.41, 5.74) is 1.92. The molecule has 2 aromatic heterocycles. The highest BCUT2D eigenvalue weighted by Gasteiger charge is 2.29. The maximum absolute atomic E-state index is 12.4. The summed E-state index contributed by atoms with van der Waals surface area (Å²) < 4.78 is 0. The van der Waals surface area contributed by atoms with Crippen LogP contribution in [0.15, 0.2) is 61.1 Å². The average molecular weight is 347 g/mol. The van der Waals surface area contributed by atoms with Gasteiger partial charge >= 0.3 is 0 Å². The quantitative estimate of drug-likeness (QED) is 0.659. The Hall–Kier alpha value is -2.99. The number of nitrogens with one attached hydrogen (secondary N) is 3. The number of hydrogen-bond acceptors (Lipinski definition) is 5. The van der Waals surface area contributed by atoms with Crippen molar-refractivity contribution in [2.75, 3.05) is 11.9 Å². The van der Waals surface area contributed by atoms with Gasteiger partial charge in [0.2, 0.25) is 5.91 Å². The van der Waals surface area contributed by atoms with Crippen LogP contribution < -0.4 is 16.0 Å². The second-order valence-corrected chi connectivity index (χ2v) is 6.51. The lowest BCUT2D eigenvalue weighted by Gasteiger charge is -2.14. The molecule has 1 fully saturated rings. The monoisotopic (exact) mass is 347 g/mol. The van der Waals surface area contributed by atoms with Gasteiger partial charge in [-0.05, 0) is 42.1 Å². The van der Waals surface area contributed by atoms with Crippen LogP contribution in [0, 0.1) is 0 Å². The maximum Gasteiger partial charge on any atom is 0.237 e. The lowest BCUT2D eigenvalue weighted by molar-refractivity contribution is -0.122. The van der Waals surface area contributed by atoms with E-state index in [0.29, 0.717) is 6.54 Å². The largest absolute Gasteiger partial charge is 0.381 e. The first-order chi connectivity index (χ1) is 12.8. The molecule has 3 aromatic rings. The van der Waals surface area contributed by atoms with Crippen LogP contribution in [0.5, 0.6) is 0 Å². The molecule has 2 unspecified atom stereocenters. The highest BCUT2D eigenvalue weighted by Crippen LogP contribution is 2.20. The van der Waals surface area contributed by atoms with Gasteiger partial charge in [0.15, 0.2) is 0 Å². The smallest absolute Gasteiger partial charge is 0.237 e. The zero-order valence-corrected chi connectivity index (χ0v) is 14.4. The lowest BCUT2D eigenvalue weighted by Crippen LogP contribution is -2.40. The van der Waals surface area contributed by atoms with Crippen LogP contribution in [0.2, 0.25) is 0 Å². The average Bonchev–Trinajstić information content (AvgIpc) is 3.15. The molecule has 26 heavy (non-hydrogen) atoms. The summed E-state index contributed by atoms with van der Waals surface area (Å²) in [5.74, 6) is 0.0181. The summed E-state index contributed by atoms with van der Waals surface area (Å²) in [7, 11) is 0. The van der Waals surface area contributed by atoms with Crippen LogP contribution in [0.3, 0.4) is 0 Å². The van der Waals surface area contributed by atoms with Gasteiger partial charge in [-0.15, -0.1) is 0 Å². The predicted octanol–water partition coefficient (Wildman–Crippen LogP) is 2.09. The van der Waals surface area contributed by atoms with Crippen molar-refractivity contribution in [2.45, 2.75) is 25.0 Å². The fraction of sp³-hybridized carbons (Fsp3) is 0.250. The first-order valence-corrected chi connectivity index (χ1v) is 8.79. The minimum Gasteiger partial charge on any atom is -0.381 e. The zero-order valence-electron chi connectivity index (χ0n) is 14.4. The van der Waals surface area contributed by atoms with Crippen molar-refractivity contribution >= 4 is 22.4 Å². The van der Waals surface area contributed by atoms with Crippen LogP contribution in [0.1, 0.15) is 12.1 Å². The van der Waals surface area contributed by atoms with Crippen molar-refractivity contribution in [3.63, 3.8) is 0 Å². The second-order valence-electron chi connectivity index (χ2n) is 6.51. The molecule has 0 radical (unpaired) electrons. The number of amides is 1. The molecule has 1 aromatic carbocycles. The lowest BCUT2D eigenvalue weighted by atomic mass is 10.1. The SMILES string of the molecule is O=C(NCc1ccccn1)C1CC(Nc2ccc3cnccc3c2)CN1. The Morgan fingerprint density at radius 3 is 3.00 bits per heavy atom. The van der Waals surface area contributed by atoms with Crippen molar-refractivity contribution < 1.29 is 4.79 Å². The van der Waals surface area contributed by atoms with E-state index in [0.717, 1.165) is 35.1 Å². The number of nitrogens with zero attached hydrogens (tertiary/aromatic N) is 2. The van der Waals surface area contributed by atoms with Crippen molar-refractivity contribution in [1.29, 1.82) is 0 Å². The summed E-state index contributed by atoms with van der Waals surface area (Å²) in [6, 6.07) is 14.0. The molecule has 1 amide bonds. The fourth-order valence-corrected chi connectivity index (χ4v) is 3.26.